The number of carbonyl (C=O) groups excluding carboxylic acids is 2. The second kappa shape index (κ2) is 9.16. The van der Waals surface area contributed by atoms with Crippen molar-refractivity contribution in [2.45, 2.75) is 52.1 Å². The van der Waals surface area contributed by atoms with E-state index in [1.165, 1.54) is 6.26 Å². The van der Waals surface area contributed by atoms with Gasteiger partial charge in [0.05, 0.1) is 6.26 Å². The lowest BCUT2D eigenvalue weighted by Crippen LogP contribution is -2.38. The minimum absolute atomic E-state index is 0.0517. The predicted molar refractivity (Wildman–Crippen MR) is 115 cm³/mol. The predicted octanol–water partition coefficient (Wildman–Crippen LogP) is 4.53. The van der Waals surface area contributed by atoms with Crippen molar-refractivity contribution >= 4 is 23.2 Å². The van der Waals surface area contributed by atoms with Crippen molar-refractivity contribution < 1.29 is 14.0 Å². The first-order valence-corrected chi connectivity index (χ1v) is 10.4. The smallest absolute Gasteiger partial charge is 0.290 e. The Morgan fingerprint density at radius 1 is 1.24 bits per heavy atom. The molecule has 1 heterocycles. The van der Waals surface area contributed by atoms with E-state index in [1.807, 2.05) is 49.0 Å². The number of carbonyl (C=O) groups is 2. The first-order chi connectivity index (χ1) is 13.9. The van der Waals surface area contributed by atoms with Gasteiger partial charge in [0, 0.05) is 44.0 Å². The molecule has 0 unspecified atom stereocenters. The molecule has 0 bridgehead atoms. The Labute approximate surface area is 172 Å². The van der Waals surface area contributed by atoms with E-state index in [1.54, 1.807) is 12.1 Å². The lowest BCUT2D eigenvalue weighted by atomic mass is 9.85. The van der Waals surface area contributed by atoms with Crippen molar-refractivity contribution in [3.63, 3.8) is 0 Å². The van der Waals surface area contributed by atoms with Gasteiger partial charge in [-0.25, -0.2) is 0 Å². The molecule has 1 aromatic heterocycles. The van der Waals surface area contributed by atoms with Crippen LogP contribution in [0.3, 0.4) is 0 Å². The SMILES string of the molecule is CC[C@@H](C)N(Cc1cc(NC(=O)C2CCC2)ccc1N(C)C)C(=O)c1ccco1. The fraction of sp³-hybridized carbons (Fsp3) is 0.478. The first kappa shape index (κ1) is 21.0. The molecule has 0 radical (unpaired) electrons. The fourth-order valence-corrected chi connectivity index (χ4v) is 3.51. The van der Waals surface area contributed by atoms with E-state index >= 15 is 0 Å². The van der Waals surface area contributed by atoms with Crippen LogP contribution in [0.15, 0.2) is 41.0 Å². The molecule has 3 rings (SSSR count). The van der Waals surface area contributed by atoms with Gasteiger partial charge in [-0.3, -0.25) is 9.59 Å². The molecule has 2 aromatic rings. The van der Waals surface area contributed by atoms with E-state index in [2.05, 4.69) is 12.2 Å². The summed E-state index contributed by atoms with van der Waals surface area (Å²) in [5.41, 5.74) is 2.78. The molecule has 1 aromatic carbocycles. The molecule has 0 aliphatic heterocycles. The number of hydrogen-bond acceptors (Lipinski definition) is 4. The zero-order valence-corrected chi connectivity index (χ0v) is 17.8. The van der Waals surface area contributed by atoms with Gasteiger partial charge in [0.2, 0.25) is 5.91 Å². The van der Waals surface area contributed by atoms with E-state index in [9.17, 15) is 9.59 Å². The van der Waals surface area contributed by atoms with Crippen LogP contribution >= 0.6 is 0 Å². The highest BCUT2D eigenvalue weighted by molar-refractivity contribution is 5.94. The molecule has 1 aliphatic carbocycles. The molecule has 2 amide bonds. The van der Waals surface area contributed by atoms with Gasteiger partial charge in [0.15, 0.2) is 5.76 Å². The molecular weight excluding hydrogens is 366 g/mol. The summed E-state index contributed by atoms with van der Waals surface area (Å²) < 4.78 is 5.35. The molecule has 0 spiro atoms. The highest BCUT2D eigenvalue weighted by Gasteiger charge is 2.26. The number of nitrogens with zero attached hydrogens (tertiary/aromatic N) is 2. The van der Waals surface area contributed by atoms with Crippen molar-refractivity contribution in [3.05, 3.63) is 47.9 Å². The van der Waals surface area contributed by atoms with Gasteiger partial charge in [-0.05, 0) is 62.1 Å². The van der Waals surface area contributed by atoms with Crippen molar-refractivity contribution in [1.82, 2.24) is 4.90 Å². The Bertz CT molecular complexity index is 841. The minimum Gasteiger partial charge on any atom is -0.459 e. The normalized spacial score (nSPS) is 14.8. The van der Waals surface area contributed by atoms with E-state index in [4.69, 9.17) is 4.42 Å². The Hall–Kier alpha value is -2.76. The van der Waals surface area contributed by atoms with E-state index in [-0.39, 0.29) is 23.8 Å². The van der Waals surface area contributed by atoms with Crippen LogP contribution in [0, 0.1) is 5.92 Å². The minimum atomic E-state index is -0.127. The third-order valence-electron chi connectivity index (χ3n) is 5.76. The summed E-state index contributed by atoms with van der Waals surface area (Å²) in [5.74, 6) is 0.429. The third kappa shape index (κ3) is 4.81. The molecule has 156 valence electrons. The van der Waals surface area contributed by atoms with Crippen LogP contribution < -0.4 is 10.2 Å². The summed E-state index contributed by atoms with van der Waals surface area (Å²) in [6.45, 7) is 4.54. The average Bonchev–Trinajstić information content (AvgIpc) is 3.18. The fourth-order valence-electron chi connectivity index (χ4n) is 3.51. The van der Waals surface area contributed by atoms with Gasteiger partial charge >= 0.3 is 0 Å². The maximum absolute atomic E-state index is 13.0. The second-order valence-corrected chi connectivity index (χ2v) is 8.02. The summed E-state index contributed by atoms with van der Waals surface area (Å²) in [6, 6.07) is 9.38. The molecule has 1 N–H and O–H groups in total. The largest absolute Gasteiger partial charge is 0.459 e. The number of rotatable bonds is 8. The Kier molecular flexibility index (Phi) is 6.62. The van der Waals surface area contributed by atoms with Crippen LogP contribution in [0.25, 0.3) is 0 Å². The van der Waals surface area contributed by atoms with Crippen molar-refractivity contribution in [2.75, 3.05) is 24.3 Å². The summed E-state index contributed by atoms with van der Waals surface area (Å²) in [5, 5.41) is 3.04. The molecular formula is C23H31N3O3. The van der Waals surface area contributed by atoms with Gasteiger partial charge in [-0.15, -0.1) is 0 Å². The zero-order chi connectivity index (χ0) is 21.0. The molecule has 1 saturated carbocycles. The van der Waals surface area contributed by atoms with E-state index < -0.39 is 0 Å². The standard InChI is InChI=1S/C23H31N3O3/c1-5-16(2)26(23(28)21-10-7-13-29-21)15-18-14-19(11-12-20(18)25(3)4)24-22(27)17-8-6-9-17/h7,10-14,16-17H,5-6,8-9,15H2,1-4H3,(H,24,27)/t16-/m1/s1. The number of anilines is 2. The van der Waals surface area contributed by atoms with Gasteiger partial charge in [-0.2, -0.15) is 0 Å². The van der Waals surface area contributed by atoms with Gasteiger partial charge in [0.1, 0.15) is 0 Å². The molecule has 6 nitrogen and oxygen atoms in total. The zero-order valence-electron chi connectivity index (χ0n) is 17.8. The second-order valence-electron chi connectivity index (χ2n) is 8.02. The number of benzene rings is 1. The van der Waals surface area contributed by atoms with Crippen LogP contribution in [0.5, 0.6) is 0 Å². The van der Waals surface area contributed by atoms with Crippen LogP contribution in [0.2, 0.25) is 0 Å². The highest BCUT2D eigenvalue weighted by atomic mass is 16.3. The summed E-state index contributed by atoms with van der Waals surface area (Å²) in [6.07, 6.45) is 5.41. The maximum atomic E-state index is 13.0. The Balaban J connectivity index is 1.87. The summed E-state index contributed by atoms with van der Waals surface area (Å²) in [4.78, 5) is 29.3. The summed E-state index contributed by atoms with van der Waals surface area (Å²) >= 11 is 0. The van der Waals surface area contributed by atoms with E-state index in [0.29, 0.717) is 12.3 Å². The van der Waals surface area contributed by atoms with Crippen molar-refractivity contribution in [3.8, 4) is 0 Å². The lowest BCUT2D eigenvalue weighted by Gasteiger charge is -2.30. The van der Waals surface area contributed by atoms with Gasteiger partial charge in [-0.1, -0.05) is 13.3 Å². The monoisotopic (exact) mass is 397 g/mol. The number of nitrogens with one attached hydrogen (secondary N) is 1. The third-order valence-corrected chi connectivity index (χ3v) is 5.76. The Morgan fingerprint density at radius 2 is 2.00 bits per heavy atom. The number of amides is 2. The maximum Gasteiger partial charge on any atom is 0.290 e. The van der Waals surface area contributed by atoms with E-state index in [0.717, 1.165) is 42.6 Å². The number of furan rings is 1. The van der Waals surface area contributed by atoms with Crippen LogP contribution in [-0.4, -0.2) is 36.9 Å². The molecule has 1 aliphatic rings. The van der Waals surface area contributed by atoms with Gasteiger partial charge < -0.3 is 19.5 Å². The average molecular weight is 398 g/mol. The van der Waals surface area contributed by atoms with Crippen molar-refractivity contribution in [1.29, 1.82) is 0 Å². The summed E-state index contributed by atoms with van der Waals surface area (Å²) in [7, 11) is 3.96. The molecule has 6 heteroatoms. The van der Waals surface area contributed by atoms with Crippen LogP contribution in [0.1, 0.15) is 55.6 Å². The first-order valence-electron chi connectivity index (χ1n) is 10.4. The molecule has 1 fully saturated rings. The quantitative estimate of drug-likeness (QED) is 0.711. The van der Waals surface area contributed by atoms with Crippen LogP contribution in [-0.2, 0) is 11.3 Å². The topological polar surface area (TPSA) is 65.8 Å². The number of hydrogen-bond donors (Lipinski definition) is 1. The molecule has 1 atom stereocenters. The lowest BCUT2D eigenvalue weighted by molar-refractivity contribution is -0.122. The Morgan fingerprint density at radius 3 is 2.55 bits per heavy atom. The van der Waals surface area contributed by atoms with Gasteiger partial charge in [0.25, 0.3) is 5.91 Å². The molecule has 0 saturated heterocycles. The highest BCUT2D eigenvalue weighted by Crippen LogP contribution is 2.30. The van der Waals surface area contributed by atoms with Crippen molar-refractivity contribution in [2.24, 2.45) is 5.92 Å². The molecule has 29 heavy (non-hydrogen) atoms. The van der Waals surface area contributed by atoms with Crippen LogP contribution in [0.4, 0.5) is 11.4 Å².